The summed E-state index contributed by atoms with van der Waals surface area (Å²) >= 11 is 5.96. The van der Waals surface area contributed by atoms with Crippen LogP contribution in [0.5, 0.6) is 0 Å². The zero-order valence-corrected chi connectivity index (χ0v) is 10.3. The first kappa shape index (κ1) is 13.4. The van der Waals surface area contributed by atoms with Crippen molar-refractivity contribution in [3.8, 4) is 0 Å². The van der Waals surface area contributed by atoms with Gasteiger partial charge in [-0.1, -0.05) is 29.8 Å². The Kier molecular flexibility index (Phi) is 5.21. The average Bonchev–Trinajstić information content (AvgIpc) is 2.18. The van der Waals surface area contributed by atoms with Gasteiger partial charge in [-0.05, 0) is 30.9 Å². The maximum Gasteiger partial charge on any atom is 0.333 e. The van der Waals surface area contributed by atoms with Crippen LogP contribution in [0.1, 0.15) is 18.4 Å². The smallest absolute Gasteiger partial charge is 0.258 e. The van der Waals surface area contributed by atoms with Crippen LogP contribution >= 0.6 is 11.6 Å². The van der Waals surface area contributed by atoms with Crippen LogP contribution in [0.4, 0.5) is 0 Å². The molecule has 90 valence electrons. The zero-order chi connectivity index (χ0) is 12.0. The molecule has 0 aliphatic carbocycles. The number of nitrogens with two attached hydrogens (primary N) is 1. The Morgan fingerprint density at radius 2 is 1.94 bits per heavy atom. The fourth-order valence-corrected chi connectivity index (χ4v) is 1.87. The van der Waals surface area contributed by atoms with Crippen LogP contribution in [-0.4, -0.2) is 15.0 Å². The molecule has 0 aromatic heterocycles. The molecule has 1 rings (SSSR count). The maximum absolute atomic E-state index is 10.5. The van der Waals surface area contributed by atoms with Crippen molar-refractivity contribution < 1.29 is 12.6 Å². The van der Waals surface area contributed by atoms with Crippen molar-refractivity contribution in [3.63, 3.8) is 0 Å². The van der Waals surface area contributed by atoms with Crippen molar-refractivity contribution in [2.75, 3.05) is 6.61 Å². The van der Waals surface area contributed by atoms with Gasteiger partial charge in [0.15, 0.2) is 0 Å². The van der Waals surface area contributed by atoms with Gasteiger partial charge in [0.25, 0.3) is 0 Å². The Balaban J connectivity index is 2.24. The molecule has 0 saturated heterocycles. The third kappa shape index (κ3) is 5.46. The van der Waals surface area contributed by atoms with Crippen LogP contribution in [-0.2, 0) is 20.9 Å². The first-order valence-electron chi connectivity index (χ1n) is 4.89. The molecule has 6 heteroatoms. The molecule has 0 fully saturated rings. The predicted octanol–water partition coefficient (Wildman–Crippen LogP) is 1.88. The number of unbranched alkanes of at least 4 members (excludes halogenated alkanes) is 1. The predicted molar refractivity (Wildman–Crippen MR) is 63.4 cm³/mol. The third-order valence-corrected chi connectivity index (χ3v) is 2.91. The van der Waals surface area contributed by atoms with Crippen molar-refractivity contribution in [3.05, 3.63) is 34.9 Å². The van der Waals surface area contributed by atoms with Crippen LogP contribution in [0.2, 0.25) is 5.02 Å². The van der Waals surface area contributed by atoms with Crippen LogP contribution in [0.15, 0.2) is 24.3 Å². The van der Waals surface area contributed by atoms with E-state index in [0.29, 0.717) is 6.42 Å². The fraction of sp³-hybridized carbons (Fsp3) is 0.400. The van der Waals surface area contributed by atoms with Gasteiger partial charge in [0.05, 0.1) is 6.61 Å². The monoisotopic (exact) mass is 263 g/mol. The van der Waals surface area contributed by atoms with Crippen LogP contribution < -0.4 is 5.14 Å². The summed E-state index contributed by atoms with van der Waals surface area (Å²) in [5.41, 5.74) is 1.06. The van der Waals surface area contributed by atoms with E-state index in [1.54, 1.807) is 0 Å². The normalized spacial score (nSPS) is 11.6. The second kappa shape index (κ2) is 6.20. The highest BCUT2D eigenvalue weighted by atomic mass is 35.5. The first-order valence-corrected chi connectivity index (χ1v) is 6.74. The number of rotatable bonds is 6. The summed E-state index contributed by atoms with van der Waals surface area (Å²) < 4.78 is 25.3. The summed E-state index contributed by atoms with van der Waals surface area (Å²) in [5, 5.41) is 5.41. The lowest BCUT2D eigenvalue weighted by molar-refractivity contribution is 0.309. The van der Waals surface area contributed by atoms with Crippen LogP contribution in [0, 0.1) is 0 Å². The highest BCUT2D eigenvalue weighted by Crippen LogP contribution is 2.17. The minimum absolute atomic E-state index is 0.114. The SMILES string of the molecule is NS(=O)(=O)OCCCCc1ccccc1Cl. The molecule has 0 unspecified atom stereocenters. The van der Waals surface area contributed by atoms with Crippen LogP contribution in [0.25, 0.3) is 0 Å². The van der Waals surface area contributed by atoms with Crippen molar-refractivity contribution in [1.82, 2.24) is 0 Å². The van der Waals surface area contributed by atoms with Gasteiger partial charge in [-0.15, -0.1) is 0 Å². The van der Waals surface area contributed by atoms with E-state index in [1.165, 1.54) is 0 Å². The lowest BCUT2D eigenvalue weighted by Gasteiger charge is -2.03. The third-order valence-electron chi connectivity index (χ3n) is 2.05. The average molecular weight is 264 g/mol. The molecule has 0 radical (unpaired) electrons. The lowest BCUT2D eigenvalue weighted by Crippen LogP contribution is -2.16. The summed E-state index contributed by atoms with van der Waals surface area (Å²) in [5.74, 6) is 0. The first-order chi connectivity index (χ1) is 7.49. The standard InChI is InChI=1S/C10H14ClNO3S/c11-10-7-2-1-5-9(10)6-3-4-8-15-16(12,13)14/h1-2,5,7H,3-4,6,8H2,(H2,12,13,14). The number of aryl methyl sites for hydroxylation is 1. The van der Waals surface area contributed by atoms with Crippen molar-refractivity contribution in [2.24, 2.45) is 5.14 Å². The molecule has 0 bridgehead atoms. The van der Waals surface area contributed by atoms with Gasteiger partial charge >= 0.3 is 10.3 Å². The molecule has 0 aliphatic rings. The highest BCUT2D eigenvalue weighted by Gasteiger charge is 2.02. The molecule has 1 aromatic rings. The summed E-state index contributed by atoms with van der Waals surface area (Å²) in [7, 11) is -3.80. The summed E-state index contributed by atoms with van der Waals surface area (Å²) in [6, 6.07) is 7.57. The lowest BCUT2D eigenvalue weighted by atomic mass is 10.1. The number of hydrogen-bond donors (Lipinski definition) is 1. The Morgan fingerprint density at radius 1 is 1.25 bits per heavy atom. The molecule has 0 amide bonds. The Hall–Kier alpha value is -0.620. The van der Waals surface area contributed by atoms with E-state index in [1.807, 2.05) is 24.3 Å². The van der Waals surface area contributed by atoms with Gasteiger partial charge in [0.2, 0.25) is 0 Å². The minimum Gasteiger partial charge on any atom is -0.258 e. The summed E-state index contributed by atoms with van der Waals surface area (Å²) in [6.07, 6.45) is 2.23. The van der Waals surface area contributed by atoms with Gasteiger partial charge < -0.3 is 0 Å². The maximum atomic E-state index is 10.5. The number of halogens is 1. The van der Waals surface area contributed by atoms with E-state index in [0.717, 1.165) is 23.4 Å². The zero-order valence-electron chi connectivity index (χ0n) is 8.73. The molecule has 2 N–H and O–H groups in total. The Bertz CT molecular complexity index is 433. The molecule has 16 heavy (non-hydrogen) atoms. The molecule has 0 aliphatic heterocycles. The molecule has 0 spiro atoms. The van der Waals surface area contributed by atoms with E-state index in [9.17, 15) is 8.42 Å². The van der Waals surface area contributed by atoms with E-state index in [-0.39, 0.29) is 6.61 Å². The Morgan fingerprint density at radius 3 is 2.56 bits per heavy atom. The van der Waals surface area contributed by atoms with E-state index >= 15 is 0 Å². The van der Waals surface area contributed by atoms with Crippen molar-refractivity contribution >= 4 is 21.9 Å². The van der Waals surface area contributed by atoms with E-state index in [4.69, 9.17) is 11.6 Å². The highest BCUT2D eigenvalue weighted by molar-refractivity contribution is 7.84. The van der Waals surface area contributed by atoms with E-state index < -0.39 is 10.3 Å². The van der Waals surface area contributed by atoms with Crippen molar-refractivity contribution in [2.45, 2.75) is 19.3 Å². The Labute approximate surface area is 101 Å². The van der Waals surface area contributed by atoms with Gasteiger partial charge in [0, 0.05) is 5.02 Å². The molecule has 4 nitrogen and oxygen atoms in total. The molecule has 0 atom stereocenters. The summed E-state index contributed by atoms with van der Waals surface area (Å²) in [4.78, 5) is 0. The molecular weight excluding hydrogens is 250 g/mol. The van der Waals surface area contributed by atoms with E-state index in [2.05, 4.69) is 9.32 Å². The van der Waals surface area contributed by atoms with Gasteiger partial charge in [-0.3, -0.25) is 4.18 Å². The molecular formula is C10H14ClNO3S. The number of benzene rings is 1. The van der Waals surface area contributed by atoms with Gasteiger partial charge in [-0.2, -0.15) is 8.42 Å². The largest absolute Gasteiger partial charge is 0.333 e. The number of hydrogen-bond acceptors (Lipinski definition) is 3. The fourth-order valence-electron chi connectivity index (χ4n) is 1.29. The minimum atomic E-state index is -3.80. The second-order valence-corrected chi connectivity index (χ2v) is 4.99. The van der Waals surface area contributed by atoms with Gasteiger partial charge in [0.1, 0.15) is 0 Å². The summed E-state index contributed by atoms with van der Waals surface area (Å²) in [6.45, 7) is 0.114. The second-order valence-electron chi connectivity index (χ2n) is 3.36. The topological polar surface area (TPSA) is 69.4 Å². The van der Waals surface area contributed by atoms with Gasteiger partial charge in [-0.25, -0.2) is 5.14 Å². The molecule has 0 heterocycles. The van der Waals surface area contributed by atoms with Crippen molar-refractivity contribution in [1.29, 1.82) is 0 Å². The molecule has 0 saturated carbocycles. The molecule has 1 aromatic carbocycles. The quantitative estimate of drug-likeness (QED) is 0.797. The van der Waals surface area contributed by atoms with Crippen LogP contribution in [0.3, 0.4) is 0 Å².